The van der Waals surface area contributed by atoms with Crippen LogP contribution < -0.4 is 15.5 Å². The standard InChI is InChI=1S/C18H25N5O2/c1-21-7-9-22(10-8-21)11-12-25-18(24)16-14-23(20-17(16)19)13-15-5-3-2-4-6-15/h2-6,14H,7-13H2,1H3,(H2,19,20)/p+2. The molecule has 1 fully saturated rings. The van der Waals surface area contributed by atoms with Gasteiger partial charge in [-0.3, -0.25) is 4.68 Å². The molecule has 4 N–H and O–H groups in total. The highest BCUT2D eigenvalue weighted by molar-refractivity contribution is 5.93. The molecule has 1 saturated heterocycles. The van der Waals surface area contributed by atoms with Crippen molar-refractivity contribution in [2.45, 2.75) is 6.54 Å². The Morgan fingerprint density at radius 2 is 1.96 bits per heavy atom. The molecule has 134 valence electrons. The van der Waals surface area contributed by atoms with Crippen molar-refractivity contribution in [2.24, 2.45) is 0 Å². The molecule has 0 unspecified atom stereocenters. The third kappa shape index (κ3) is 4.80. The number of nitrogens with one attached hydrogen (secondary N) is 2. The van der Waals surface area contributed by atoms with Crippen LogP contribution in [-0.4, -0.2) is 62.1 Å². The van der Waals surface area contributed by atoms with Crippen LogP contribution in [0.25, 0.3) is 0 Å². The summed E-state index contributed by atoms with van der Waals surface area (Å²) in [5, 5.41) is 4.22. The summed E-state index contributed by atoms with van der Waals surface area (Å²) in [5.41, 5.74) is 7.33. The predicted molar refractivity (Wildman–Crippen MR) is 94.7 cm³/mol. The molecule has 0 bridgehead atoms. The van der Waals surface area contributed by atoms with E-state index in [2.05, 4.69) is 12.1 Å². The number of rotatable bonds is 6. The molecule has 0 aliphatic carbocycles. The summed E-state index contributed by atoms with van der Waals surface area (Å²) in [7, 11) is 2.21. The monoisotopic (exact) mass is 345 g/mol. The average molecular weight is 345 g/mol. The predicted octanol–water partition coefficient (Wildman–Crippen LogP) is -1.92. The van der Waals surface area contributed by atoms with Gasteiger partial charge in [0.15, 0.2) is 5.82 Å². The number of nitrogen functional groups attached to an aromatic ring is 1. The number of anilines is 1. The molecule has 1 aliphatic heterocycles. The molecule has 7 nitrogen and oxygen atoms in total. The fourth-order valence-electron chi connectivity index (χ4n) is 3.09. The fourth-order valence-corrected chi connectivity index (χ4v) is 3.09. The Labute approximate surface area is 148 Å². The van der Waals surface area contributed by atoms with E-state index in [0.29, 0.717) is 18.7 Å². The van der Waals surface area contributed by atoms with Gasteiger partial charge in [-0.1, -0.05) is 30.3 Å². The number of likely N-dealkylation sites (N-methyl/N-ethyl adjacent to an activating group) is 1. The SMILES string of the molecule is C[NH+]1CC[NH+](CCOC(=O)c2cn(Cc3ccccc3)nc2N)CC1. The highest BCUT2D eigenvalue weighted by atomic mass is 16.5. The molecule has 0 amide bonds. The number of aromatic nitrogens is 2. The summed E-state index contributed by atoms with van der Waals surface area (Å²) < 4.78 is 7.08. The Morgan fingerprint density at radius 3 is 2.68 bits per heavy atom. The number of nitrogens with two attached hydrogens (primary N) is 1. The lowest BCUT2D eigenvalue weighted by atomic mass is 10.2. The van der Waals surface area contributed by atoms with Crippen LogP contribution in [0.1, 0.15) is 15.9 Å². The first kappa shape index (κ1) is 17.4. The van der Waals surface area contributed by atoms with E-state index in [-0.39, 0.29) is 5.82 Å². The Hall–Kier alpha value is -2.38. The van der Waals surface area contributed by atoms with E-state index < -0.39 is 5.97 Å². The van der Waals surface area contributed by atoms with Crippen molar-refractivity contribution in [3.63, 3.8) is 0 Å². The zero-order valence-corrected chi connectivity index (χ0v) is 14.7. The second kappa shape index (κ2) is 8.13. The summed E-state index contributed by atoms with van der Waals surface area (Å²) >= 11 is 0. The first-order chi connectivity index (χ1) is 12.1. The molecule has 0 spiro atoms. The number of nitrogens with zero attached hydrogens (tertiary/aromatic N) is 2. The van der Waals surface area contributed by atoms with Crippen molar-refractivity contribution >= 4 is 11.8 Å². The third-order valence-electron chi connectivity index (χ3n) is 4.70. The van der Waals surface area contributed by atoms with Gasteiger partial charge in [-0.05, 0) is 5.56 Å². The summed E-state index contributed by atoms with van der Waals surface area (Å²) in [4.78, 5) is 15.3. The quantitative estimate of drug-likeness (QED) is 0.534. The van der Waals surface area contributed by atoms with Gasteiger partial charge in [0.1, 0.15) is 44.9 Å². The summed E-state index contributed by atoms with van der Waals surface area (Å²) in [6, 6.07) is 9.93. The van der Waals surface area contributed by atoms with Gasteiger partial charge in [0.05, 0.1) is 13.6 Å². The van der Waals surface area contributed by atoms with E-state index in [1.165, 1.54) is 18.0 Å². The van der Waals surface area contributed by atoms with Gasteiger partial charge in [-0.15, -0.1) is 0 Å². The van der Waals surface area contributed by atoms with Gasteiger partial charge in [0.2, 0.25) is 0 Å². The Bertz CT molecular complexity index is 693. The van der Waals surface area contributed by atoms with E-state index in [4.69, 9.17) is 10.5 Å². The number of carbonyl (C=O) groups is 1. The van der Waals surface area contributed by atoms with Crippen LogP contribution in [-0.2, 0) is 11.3 Å². The summed E-state index contributed by atoms with van der Waals surface area (Å²) in [5.74, 6) is -0.174. The zero-order valence-electron chi connectivity index (χ0n) is 14.7. The molecule has 0 atom stereocenters. The van der Waals surface area contributed by atoms with Gasteiger partial charge >= 0.3 is 5.97 Å². The molecule has 3 rings (SSSR count). The van der Waals surface area contributed by atoms with Gasteiger partial charge in [0, 0.05) is 6.20 Å². The third-order valence-corrected chi connectivity index (χ3v) is 4.70. The fraction of sp³-hybridized carbons (Fsp3) is 0.444. The van der Waals surface area contributed by atoms with E-state index in [9.17, 15) is 4.79 Å². The number of hydrogen-bond acceptors (Lipinski definition) is 4. The van der Waals surface area contributed by atoms with Crippen LogP contribution in [0.4, 0.5) is 5.82 Å². The second-order valence-electron chi connectivity index (χ2n) is 6.70. The minimum Gasteiger partial charge on any atom is -0.456 e. The Balaban J connectivity index is 1.50. The molecule has 25 heavy (non-hydrogen) atoms. The molecule has 2 heterocycles. The topological polar surface area (TPSA) is 79.0 Å². The highest BCUT2D eigenvalue weighted by Gasteiger charge is 2.21. The molecule has 0 saturated carbocycles. The van der Waals surface area contributed by atoms with E-state index in [1.807, 2.05) is 30.3 Å². The molecule has 1 aromatic heterocycles. The smallest absolute Gasteiger partial charge is 0.343 e. The van der Waals surface area contributed by atoms with Crippen molar-refractivity contribution in [3.8, 4) is 0 Å². The van der Waals surface area contributed by atoms with Crippen molar-refractivity contribution in [1.29, 1.82) is 0 Å². The molecule has 1 aromatic carbocycles. The number of hydrogen-bond donors (Lipinski definition) is 3. The summed E-state index contributed by atoms with van der Waals surface area (Å²) in [6.07, 6.45) is 1.66. The van der Waals surface area contributed by atoms with Crippen molar-refractivity contribution in [3.05, 3.63) is 47.7 Å². The average Bonchev–Trinajstić information content (AvgIpc) is 2.98. The van der Waals surface area contributed by atoms with Crippen molar-refractivity contribution in [1.82, 2.24) is 9.78 Å². The molecule has 7 heteroatoms. The van der Waals surface area contributed by atoms with Crippen molar-refractivity contribution in [2.75, 3.05) is 52.1 Å². The van der Waals surface area contributed by atoms with Gasteiger partial charge in [-0.25, -0.2) is 4.79 Å². The minimum atomic E-state index is -0.393. The minimum absolute atomic E-state index is 0.219. The maximum atomic E-state index is 12.3. The van der Waals surface area contributed by atoms with Gasteiger partial charge < -0.3 is 20.3 Å². The number of piperazine rings is 1. The lowest BCUT2D eigenvalue weighted by Crippen LogP contribution is -3.27. The lowest BCUT2D eigenvalue weighted by molar-refractivity contribution is -1.00. The first-order valence-corrected chi connectivity index (χ1v) is 8.80. The van der Waals surface area contributed by atoms with Crippen LogP contribution in [0.15, 0.2) is 36.5 Å². The number of ether oxygens (including phenoxy) is 1. The maximum Gasteiger partial charge on any atom is 0.343 e. The molecular weight excluding hydrogens is 318 g/mol. The van der Waals surface area contributed by atoms with Gasteiger partial charge in [-0.2, -0.15) is 5.10 Å². The first-order valence-electron chi connectivity index (χ1n) is 8.80. The van der Waals surface area contributed by atoms with E-state index in [1.54, 1.807) is 15.8 Å². The van der Waals surface area contributed by atoms with Crippen LogP contribution in [0.5, 0.6) is 0 Å². The Kier molecular flexibility index (Phi) is 5.67. The number of quaternary nitrogens is 2. The zero-order chi connectivity index (χ0) is 17.6. The van der Waals surface area contributed by atoms with Crippen LogP contribution in [0.2, 0.25) is 0 Å². The number of benzene rings is 1. The molecule has 2 aromatic rings. The van der Waals surface area contributed by atoms with Crippen LogP contribution in [0, 0.1) is 0 Å². The normalized spacial score (nSPS) is 20.4. The lowest BCUT2D eigenvalue weighted by Gasteiger charge is -2.26. The van der Waals surface area contributed by atoms with E-state index >= 15 is 0 Å². The number of carbonyl (C=O) groups excluding carboxylic acids is 1. The largest absolute Gasteiger partial charge is 0.456 e. The Morgan fingerprint density at radius 1 is 1.24 bits per heavy atom. The maximum absolute atomic E-state index is 12.3. The van der Waals surface area contributed by atoms with Gasteiger partial charge in [0.25, 0.3) is 0 Å². The molecule has 0 radical (unpaired) electrons. The van der Waals surface area contributed by atoms with Crippen LogP contribution >= 0.6 is 0 Å². The molecular formula is C18H27N5O2+2. The second-order valence-corrected chi connectivity index (χ2v) is 6.70. The van der Waals surface area contributed by atoms with Crippen LogP contribution in [0.3, 0.4) is 0 Å². The molecule has 1 aliphatic rings. The van der Waals surface area contributed by atoms with E-state index in [0.717, 1.165) is 25.2 Å². The summed E-state index contributed by atoms with van der Waals surface area (Å²) in [6.45, 7) is 6.42. The van der Waals surface area contributed by atoms with Crippen molar-refractivity contribution < 1.29 is 19.3 Å². The number of esters is 1. The highest BCUT2D eigenvalue weighted by Crippen LogP contribution is 2.12.